The van der Waals surface area contributed by atoms with Crippen LogP contribution in [0.4, 0.5) is 0 Å². The number of aliphatic carboxylic acids is 1. The number of rotatable bonds is 4. The highest BCUT2D eigenvalue weighted by Crippen LogP contribution is 2.26. The minimum Gasteiger partial charge on any atom is -0.481 e. The first kappa shape index (κ1) is 15.1. The lowest BCUT2D eigenvalue weighted by Gasteiger charge is -2.17. The molecule has 118 valence electrons. The molecule has 6 heteroatoms. The Morgan fingerprint density at radius 1 is 1.09 bits per heavy atom. The van der Waals surface area contributed by atoms with Gasteiger partial charge in [-0.3, -0.25) is 19.6 Å². The average molecular weight is 311 g/mol. The predicted octanol–water partition coefficient (Wildman–Crippen LogP) is 2.13. The van der Waals surface area contributed by atoms with Gasteiger partial charge in [0.15, 0.2) is 0 Å². The molecule has 0 unspecified atom stereocenters. The van der Waals surface area contributed by atoms with Crippen LogP contribution in [0.2, 0.25) is 0 Å². The van der Waals surface area contributed by atoms with E-state index in [0.29, 0.717) is 24.1 Å². The van der Waals surface area contributed by atoms with Crippen LogP contribution in [0, 0.1) is 5.92 Å². The van der Waals surface area contributed by atoms with Gasteiger partial charge in [0.05, 0.1) is 22.9 Å². The molecule has 3 rings (SSSR count). The van der Waals surface area contributed by atoms with E-state index in [1.807, 2.05) is 18.2 Å². The average Bonchev–Trinajstić information content (AvgIpc) is 3.04. The number of amides is 1. The van der Waals surface area contributed by atoms with Crippen LogP contribution in [0.15, 0.2) is 42.7 Å². The van der Waals surface area contributed by atoms with E-state index in [9.17, 15) is 9.59 Å². The van der Waals surface area contributed by atoms with E-state index < -0.39 is 11.9 Å². The largest absolute Gasteiger partial charge is 0.481 e. The summed E-state index contributed by atoms with van der Waals surface area (Å²) in [5.74, 6) is -1.64. The minimum absolute atomic E-state index is 0.289. The number of hydrogen-bond acceptors (Lipinski definition) is 4. The number of carboxylic acids is 1. The van der Waals surface area contributed by atoms with E-state index in [2.05, 4.69) is 15.3 Å². The zero-order chi connectivity index (χ0) is 16.2. The van der Waals surface area contributed by atoms with Crippen LogP contribution < -0.4 is 5.32 Å². The van der Waals surface area contributed by atoms with Crippen LogP contribution in [0.5, 0.6) is 0 Å². The Bertz CT molecular complexity index is 701. The van der Waals surface area contributed by atoms with Crippen molar-refractivity contribution in [3.8, 4) is 11.4 Å². The first-order valence-corrected chi connectivity index (χ1v) is 7.56. The number of nitrogens with one attached hydrogen (secondary N) is 1. The van der Waals surface area contributed by atoms with Crippen LogP contribution in [0.1, 0.15) is 29.6 Å². The molecule has 0 spiro atoms. The van der Waals surface area contributed by atoms with Gasteiger partial charge in [0.2, 0.25) is 0 Å². The van der Waals surface area contributed by atoms with Crippen molar-refractivity contribution in [2.75, 3.05) is 0 Å². The third kappa shape index (κ3) is 3.36. The molecule has 0 saturated heterocycles. The third-order valence-electron chi connectivity index (χ3n) is 4.10. The Morgan fingerprint density at radius 3 is 2.57 bits per heavy atom. The molecule has 1 aliphatic rings. The highest BCUT2D eigenvalue weighted by atomic mass is 16.4. The molecular weight excluding hydrogens is 294 g/mol. The molecule has 2 N–H and O–H groups in total. The lowest BCUT2D eigenvalue weighted by Crippen LogP contribution is -2.40. The number of carboxylic acid groups (broad SMARTS) is 1. The van der Waals surface area contributed by atoms with Gasteiger partial charge < -0.3 is 10.4 Å². The predicted molar refractivity (Wildman–Crippen MR) is 83.7 cm³/mol. The van der Waals surface area contributed by atoms with Gasteiger partial charge in [-0.25, -0.2) is 0 Å². The number of pyridine rings is 2. The lowest BCUT2D eigenvalue weighted by molar-refractivity contribution is -0.142. The number of aromatic nitrogens is 2. The maximum Gasteiger partial charge on any atom is 0.308 e. The quantitative estimate of drug-likeness (QED) is 0.902. The highest BCUT2D eigenvalue weighted by molar-refractivity contribution is 5.94. The Balaban J connectivity index is 1.70. The Labute approximate surface area is 133 Å². The zero-order valence-corrected chi connectivity index (χ0v) is 12.5. The molecule has 2 heterocycles. The van der Waals surface area contributed by atoms with Gasteiger partial charge in [-0.05, 0) is 37.1 Å². The summed E-state index contributed by atoms with van der Waals surface area (Å²) in [5.41, 5.74) is 1.84. The van der Waals surface area contributed by atoms with Gasteiger partial charge in [-0.2, -0.15) is 0 Å². The summed E-state index contributed by atoms with van der Waals surface area (Å²) in [5, 5.41) is 12.0. The van der Waals surface area contributed by atoms with Crippen LogP contribution in [-0.4, -0.2) is 33.0 Å². The fraction of sp³-hybridized carbons (Fsp3) is 0.294. The minimum atomic E-state index is -0.851. The summed E-state index contributed by atoms with van der Waals surface area (Å²) in [6, 6.07) is 8.65. The molecule has 0 aliphatic heterocycles. The number of nitrogens with zero attached hydrogens (tertiary/aromatic N) is 2. The fourth-order valence-corrected chi connectivity index (χ4v) is 2.87. The summed E-state index contributed by atoms with van der Waals surface area (Å²) in [6.07, 6.45) is 5.30. The normalized spacial score (nSPS) is 20.2. The van der Waals surface area contributed by atoms with Crippen molar-refractivity contribution in [2.45, 2.75) is 25.3 Å². The summed E-state index contributed by atoms with van der Waals surface area (Å²) < 4.78 is 0. The second-order valence-corrected chi connectivity index (χ2v) is 5.60. The van der Waals surface area contributed by atoms with Gasteiger partial charge in [0.1, 0.15) is 0 Å². The first-order valence-electron chi connectivity index (χ1n) is 7.56. The molecular formula is C17H17N3O3. The lowest BCUT2D eigenvalue weighted by atomic mass is 10.0. The van der Waals surface area contributed by atoms with Crippen molar-refractivity contribution in [1.29, 1.82) is 0 Å². The zero-order valence-electron chi connectivity index (χ0n) is 12.5. The number of carbonyl (C=O) groups excluding carboxylic acids is 1. The van der Waals surface area contributed by atoms with Crippen LogP contribution in [0.3, 0.4) is 0 Å². The van der Waals surface area contributed by atoms with E-state index in [-0.39, 0.29) is 11.9 Å². The molecule has 0 aromatic carbocycles. The van der Waals surface area contributed by atoms with Gasteiger partial charge in [-0.1, -0.05) is 12.5 Å². The van der Waals surface area contributed by atoms with Crippen molar-refractivity contribution in [2.24, 2.45) is 5.92 Å². The Morgan fingerprint density at radius 2 is 1.91 bits per heavy atom. The second kappa shape index (κ2) is 6.56. The number of carbonyl (C=O) groups is 2. The molecule has 0 radical (unpaired) electrons. The van der Waals surface area contributed by atoms with E-state index in [1.54, 1.807) is 18.3 Å². The van der Waals surface area contributed by atoms with Gasteiger partial charge in [-0.15, -0.1) is 0 Å². The van der Waals surface area contributed by atoms with Crippen LogP contribution in [-0.2, 0) is 4.79 Å². The van der Waals surface area contributed by atoms with Crippen LogP contribution in [0.25, 0.3) is 11.4 Å². The van der Waals surface area contributed by atoms with Crippen molar-refractivity contribution in [3.63, 3.8) is 0 Å². The van der Waals surface area contributed by atoms with Crippen molar-refractivity contribution in [3.05, 3.63) is 48.3 Å². The molecule has 0 bridgehead atoms. The first-order chi connectivity index (χ1) is 11.1. The summed E-state index contributed by atoms with van der Waals surface area (Å²) in [7, 11) is 0. The monoisotopic (exact) mass is 311 g/mol. The molecule has 1 aliphatic carbocycles. The standard InChI is InChI=1S/C17H17N3O3/c21-16(20-13-6-3-4-12(13)17(22)23)11-7-8-15(19-10-11)14-5-1-2-9-18-14/h1-2,5,7-10,12-13H,3-4,6H2,(H,20,21)(H,22,23)/t12-,13+/m1/s1. The van der Waals surface area contributed by atoms with E-state index in [1.165, 1.54) is 6.20 Å². The molecule has 2 aromatic rings. The smallest absolute Gasteiger partial charge is 0.308 e. The molecule has 23 heavy (non-hydrogen) atoms. The maximum atomic E-state index is 12.3. The van der Waals surface area contributed by atoms with Crippen molar-refractivity contribution < 1.29 is 14.7 Å². The van der Waals surface area contributed by atoms with E-state index >= 15 is 0 Å². The SMILES string of the molecule is O=C(N[C@H]1CCC[C@H]1C(=O)O)c1ccc(-c2ccccn2)nc1. The maximum absolute atomic E-state index is 12.3. The van der Waals surface area contributed by atoms with Gasteiger partial charge in [0.25, 0.3) is 5.91 Å². The molecule has 1 amide bonds. The van der Waals surface area contributed by atoms with Crippen molar-refractivity contribution >= 4 is 11.9 Å². The van der Waals surface area contributed by atoms with E-state index in [4.69, 9.17) is 5.11 Å². The summed E-state index contributed by atoms with van der Waals surface area (Å²) in [4.78, 5) is 31.9. The van der Waals surface area contributed by atoms with Crippen molar-refractivity contribution in [1.82, 2.24) is 15.3 Å². The molecule has 1 saturated carbocycles. The molecule has 1 fully saturated rings. The Kier molecular flexibility index (Phi) is 4.32. The Hall–Kier alpha value is -2.76. The van der Waals surface area contributed by atoms with Crippen LogP contribution >= 0.6 is 0 Å². The second-order valence-electron chi connectivity index (χ2n) is 5.60. The number of hydrogen-bond donors (Lipinski definition) is 2. The van der Waals surface area contributed by atoms with Gasteiger partial charge >= 0.3 is 5.97 Å². The summed E-state index contributed by atoms with van der Waals surface area (Å²) >= 11 is 0. The van der Waals surface area contributed by atoms with Gasteiger partial charge in [0, 0.05) is 18.4 Å². The third-order valence-corrected chi connectivity index (χ3v) is 4.10. The molecule has 6 nitrogen and oxygen atoms in total. The fourth-order valence-electron chi connectivity index (χ4n) is 2.87. The summed E-state index contributed by atoms with van der Waals surface area (Å²) in [6.45, 7) is 0. The highest BCUT2D eigenvalue weighted by Gasteiger charge is 2.34. The topological polar surface area (TPSA) is 92.2 Å². The van der Waals surface area contributed by atoms with E-state index in [0.717, 1.165) is 12.1 Å². The molecule has 2 atom stereocenters. The molecule has 2 aromatic heterocycles.